The summed E-state index contributed by atoms with van der Waals surface area (Å²) in [6.07, 6.45) is 3.41. The Labute approximate surface area is 246 Å². The maximum absolute atomic E-state index is 13.7. The van der Waals surface area contributed by atoms with Crippen molar-refractivity contribution >= 4 is 23.7 Å². The maximum atomic E-state index is 13.7. The lowest BCUT2D eigenvalue weighted by Crippen LogP contribution is -2.40. The van der Waals surface area contributed by atoms with Gasteiger partial charge in [0.15, 0.2) is 0 Å². The Bertz CT molecular complexity index is 1400. The highest BCUT2D eigenvalue weighted by molar-refractivity contribution is 6.02. The molecule has 220 valence electrons. The molecule has 3 aromatic carbocycles. The highest BCUT2D eigenvalue weighted by Crippen LogP contribution is 2.39. The van der Waals surface area contributed by atoms with Crippen LogP contribution in [0, 0.1) is 0 Å². The fourth-order valence-corrected chi connectivity index (χ4v) is 5.13. The van der Waals surface area contributed by atoms with Gasteiger partial charge in [0.05, 0.1) is 6.10 Å². The van der Waals surface area contributed by atoms with Crippen molar-refractivity contribution < 1.29 is 14.6 Å². The third-order valence-corrected chi connectivity index (χ3v) is 7.08. The van der Waals surface area contributed by atoms with Gasteiger partial charge >= 0.3 is 0 Å². The van der Waals surface area contributed by atoms with Gasteiger partial charge in [-0.3, -0.25) is 4.79 Å². The fraction of sp³-hybridized carbons (Fsp3) is 0.417. The van der Waals surface area contributed by atoms with Gasteiger partial charge in [-0.2, -0.15) is 0 Å². The fourth-order valence-electron chi connectivity index (χ4n) is 5.13. The second-order valence-electron chi connectivity index (χ2n) is 10.6. The van der Waals surface area contributed by atoms with Gasteiger partial charge in [0, 0.05) is 59.9 Å². The van der Waals surface area contributed by atoms with Gasteiger partial charge < -0.3 is 19.6 Å². The van der Waals surface area contributed by atoms with Crippen LogP contribution < -0.4 is 20.1 Å². The Hall–Kier alpha value is -3.57. The van der Waals surface area contributed by atoms with Gasteiger partial charge in [0.25, 0.3) is 5.91 Å². The van der Waals surface area contributed by atoms with Crippen LogP contribution >= 0.6 is 0 Å². The number of fused-ring (bicyclic) bond motifs is 2. The third kappa shape index (κ3) is 7.59. The van der Waals surface area contributed by atoms with E-state index in [9.17, 15) is 9.90 Å². The summed E-state index contributed by atoms with van der Waals surface area (Å²) >= 11 is 0. The van der Waals surface area contributed by atoms with Gasteiger partial charge in [-0.25, -0.2) is 0 Å². The summed E-state index contributed by atoms with van der Waals surface area (Å²) in [4.78, 5) is 17.8. The van der Waals surface area contributed by atoms with Crippen molar-refractivity contribution in [3.05, 3.63) is 87.8 Å². The molecule has 0 unspecified atom stereocenters. The average molecular weight is 557 g/mol. The van der Waals surface area contributed by atoms with Crippen LogP contribution in [-0.4, -0.2) is 48.2 Å². The van der Waals surface area contributed by atoms with Crippen molar-refractivity contribution in [2.24, 2.45) is 0 Å². The lowest BCUT2D eigenvalue weighted by Gasteiger charge is -2.31. The van der Waals surface area contributed by atoms with E-state index in [1.165, 1.54) is 12.8 Å². The summed E-state index contributed by atoms with van der Waals surface area (Å²) in [5.41, 5.74) is 4.64. The van der Waals surface area contributed by atoms with Gasteiger partial charge in [-0.1, -0.05) is 77.4 Å². The van der Waals surface area contributed by atoms with Crippen molar-refractivity contribution in [1.29, 1.82) is 0 Å². The molecule has 3 aromatic rings. The monoisotopic (exact) mass is 556 g/mol. The number of likely N-dealkylation sites (tertiary alicyclic amines) is 1. The largest absolute Gasteiger partial charge is 0.456 e. The highest BCUT2D eigenvalue weighted by atomic mass is 16.5. The van der Waals surface area contributed by atoms with Crippen molar-refractivity contribution in [3.8, 4) is 11.5 Å². The van der Waals surface area contributed by atoms with Crippen LogP contribution in [0.15, 0.2) is 60.7 Å². The predicted octanol–water partition coefficient (Wildman–Crippen LogP) is 6.73. The van der Waals surface area contributed by atoms with Crippen molar-refractivity contribution in [2.75, 3.05) is 31.1 Å². The van der Waals surface area contributed by atoms with Crippen molar-refractivity contribution in [1.82, 2.24) is 4.90 Å². The van der Waals surface area contributed by atoms with Crippen molar-refractivity contribution in [2.45, 2.75) is 73.3 Å². The molecule has 0 atom stereocenters. The molecule has 0 spiro atoms. The smallest absolute Gasteiger partial charge is 0.254 e. The lowest BCUT2D eigenvalue weighted by molar-refractivity contribution is 0.0546. The number of rotatable bonds is 5. The Kier molecular flexibility index (Phi) is 12.0. The van der Waals surface area contributed by atoms with E-state index in [2.05, 4.69) is 71.2 Å². The Morgan fingerprint density at radius 2 is 1.51 bits per heavy atom. The minimum Gasteiger partial charge on any atom is -0.456 e. The zero-order valence-corrected chi connectivity index (χ0v) is 25.9. The topological polar surface area (TPSA) is 53.0 Å². The lowest BCUT2D eigenvalue weighted by atomic mass is 9.89. The molecule has 1 amide bonds. The van der Waals surface area contributed by atoms with Gasteiger partial charge in [0.1, 0.15) is 11.5 Å². The summed E-state index contributed by atoms with van der Waals surface area (Å²) in [6.45, 7) is 19.8. The molecule has 0 bridgehead atoms. The number of benzene rings is 3. The van der Waals surface area contributed by atoms with E-state index in [0.717, 1.165) is 57.4 Å². The SMILES string of the molecule is C=c1ccc2c(c1)Oc1cc(N(CC)CC)ccc1C=2c1ccccc1C(=O)N1CCC(O)CC1.CCC.CCC. The predicted molar refractivity (Wildman–Crippen MR) is 172 cm³/mol. The first kappa shape index (κ1) is 32.0. The van der Waals surface area contributed by atoms with Crippen molar-refractivity contribution in [3.63, 3.8) is 0 Å². The molecule has 2 heterocycles. The number of hydrogen-bond donors (Lipinski definition) is 1. The number of aliphatic hydroxyl groups is 1. The number of hydrogen-bond acceptors (Lipinski definition) is 4. The molecule has 1 saturated heterocycles. The van der Waals surface area contributed by atoms with Gasteiger partial charge in [0.2, 0.25) is 0 Å². The third-order valence-electron chi connectivity index (χ3n) is 7.08. The molecule has 5 rings (SSSR count). The van der Waals surface area contributed by atoms with Crippen LogP contribution in [0.5, 0.6) is 11.5 Å². The first-order valence-electron chi connectivity index (χ1n) is 15.3. The number of carbonyl (C=O) groups is 1. The molecule has 2 aliphatic heterocycles. The zero-order chi connectivity index (χ0) is 29.9. The van der Waals surface area contributed by atoms with Crippen LogP contribution in [0.25, 0.3) is 12.2 Å². The second kappa shape index (κ2) is 15.4. The average Bonchev–Trinajstić information content (AvgIpc) is 2.97. The number of piperidine rings is 1. The molecular weight excluding hydrogens is 508 g/mol. The highest BCUT2D eigenvalue weighted by Gasteiger charge is 2.28. The molecule has 0 aromatic heterocycles. The van der Waals surface area contributed by atoms with E-state index in [4.69, 9.17) is 4.74 Å². The standard InChI is InChI=1S/C30H32N2O3.2C3H8/c1-4-31(5-2)21-11-13-26-28(19-21)35-27-18-20(3)10-12-25(27)29(26)23-8-6-7-9-24(23)30(34)32-16-14-22(33)15-17-32;2*1-3-2/h6-13,18-19,22,33H,3-5,14-17H2,1-2H3;2*3H2,1-2H3. The summed E-state index contributed by atoms with van der Waals surface area (Å²) in [5.74, 6) is 1.54. The molecule has 5 heteroatoms. The van der Waals surface area contributed by atoms with Crippen LogP contribution in [-0.2, 0) is 0 Å². The van der Waals surface area contributed by atoms with Crippen LogP contribution in [0.3, 0.4) is 0 Å². The first-order valence-corrected chi connectivity index (χ1v) is 15.3. The molecule has 1 fully saturated rings. The molecule has 2 aliphatic rings. The quantitative estimate of drug-likeness (QED) is 0.296. The van der Waals surface area contributed by atoms with Crippen LogP contribution in [0.2, 0.25) is 0 Å². The molecule has 0 aliphatic carbocycles. The molecular formula is C36H48N2O3. The number of carbonyl (C=O) groups excluding carboxylic acids is 1. The Morgan fingerprint density at radius 3 is 2.15 bits per heavy atom. The van der Waals surface area contributed by atoms with E-state index in [1.807, 2.05) is 47.4 Å². The van der Waals surface area contributed by atoms with Crippen LogP contribution in [0.1, 0.15) is 88.7 Å². The van der Waals surface area contributed by atoms with E-state index in [1.54, 1.807) is 0 Å². The molecule has 0 saturated carbocycles. The summed E-state index contributed by atoms with van der Waals surface area (Å²) in [6, 6.07) is 20.1. The van der Waals surface area contributed by atoms with E-state index in [-0.39, 0.29) is 12.0 Å². The second-order valence-corrected chi connectivity index (χ2v) is 10.6. The Morgan fingerprint density at radius 1 is 0.878 bits per heavy atom. The van der Waals surface area contributed by atoms with E-state index < -0.39 is 0 Å². The number of ether oxygens (including phenoxy) is 1. The molecule has 41 heavy (non-hydrogen) atoms. The number of aliphatic hydroxyl groups excluding tert-OH is 1. The summed E-state index contributed by atoms with van der Waals surface area (Å²) in [7, 11) is 0. The molecule has 1 N–H and O–H groups in total. The van der Waals surface area contributed by atoms with Crippen LogP contribution in [0.4, 0.5) is 5.69 Å². The first-order chi connectivity index (χ1) is 19.8. The molecule has 5 nitrogen and oxygen atoms in total. The van der Waals surface area contributed by atoms with Gasteiger partial charge in [-0.05, 0) is 61.7 Å². The number of anilines is 1. The summed E-state index contributed by atoms with van der Waals surface area (Å²) in [5, 5.41) is 11.7. The maximum Gasteiger partial charge on any atom is 0.254 e. The number of amides is 1. The Balaban J connectivity index is 0.000000710. The summed E-state index contributed by atoms with van der Waals surface area (Å²) < 4.78 is 6.41. The minimum absolute atomic E-state index is 0.00290. The number of nitrogens with zero attached hydrogens (tertiary/aromatic N) is 2. The van der Waals surface area contributed by atoms with Gasteiger partial charge in [-0.15, -0.1) is 0 Å². The zero-order valence-electron chi connectivity index (χ0n) is 25.9. The normalized spacial score (nSPS) is 13.9. The van der Waals surface area contributed by atoms with E-state index >= 15 is 0 Å². The molecule has 0 radical (unpaired) electrons. The van der Waals surface area contributed by atoms with E-state index in [0.29, 0.717) is 31.5 Å². The minimum atomic E-state index is -0.324.